The molecule has 0 unspecified atom stereocenters. The zero-order valence-electron chi connectivity index (χ0n) is 18.0. The van der Waals surface area contributed by atoms with Gasteiger partial charge in [-0.15, -0.1) is 0 Å². The largest absolute Gasteiger partial charge is 0.382 e. The zero-order chi connectivity index (χ0) is 21.3. The lowest BCUT2D eigenvalue weighted by Gasteiger charge is -2.05. The lowest BCUT2D eigenvalue weighted by atomic mass is 10.1. The third-order valence-corrected chi connectivity index (χ3v) is 4.20. The Morgan fingerprint density at radius 3 is 1.20 bits per heavy atom. The molecule has 8 heteroatoms. The van der Waals surface area contributed by atoms with E-state index in [1.807, 2.05) is 33.9 Å². The molecule has 0 spiro atoms. The number of ether oxygens (including phenoxy) is 6. The highest BCUT2D eigenvalue weighted by atomic mass is 16.5. The number of nitrogens with zero attached hydrogens (tertiary/aromatic N) is 2. The molecule has 0 N–H and O–H groups in total. The lowest BCUT2D eigenvalue weighted by Crippen LogP contribution is -2.35. The minimum Gasteiger partial charge on any atom is -0.382 e. The molecule has 2 aromatic rings. The van der Waals surface area contributed by atoms with Gasteiger partial charge in [0.1, 0.15) is 0 Å². The second-order valence-electron chi connectivity index (χ2n) is 6.49. The summed E-state index contributed by atoms with van der Waals surface area (Å²) >= 11 is 0. The van der Waals surface area contributed by atoms with E-state index in [2.05, 4.69) is 24.3 Å². The molecule has 2 heterocycles. The van der Waals surface area contributed by atoms with E-state index in [0.717, 1.165) is 11.1 Å². The molecule has 0 radical (unpaired) electrons. The van der Waals surface area contributed by atoms with Crippen LogP contribution in [0.5, 0.6) is 0 Å². The van der Waals surface area contributed by atoms with Crippen molar-refractivity contribution < 1.29 is 37.6 Å². The predicted molar refractivity (Wildman–Crippen MR) is 110 cm³/mol. The first-order chi connectivity index (χ1) is 14.8. The summed E-state index contributed by atoms with van der Waals surface area (Å²) in [4.78, 5) is 0. The molecule has 2 rings (SSSR count). The molecule has 0 bridgehead atoms. The van der Waals surface area contributed by atoms with Crippen molar-refractivity contribution in [2.24, 2.45) is 0 Å². The van der Waals surface area contributed by atoms with E-state index < -0.39 is 0 Å². The van der Waals surface area contributed by atoms with E-state index in [1.54, 1.807) is 14.2 Å². The van der Waals surface area contributed by atoms with E-state index in [1.165, 1.54) is 0 Å². The number of methoxy groups -OCH3 is 2. The van der Waals surface area contributed by atoms with Crippen molar-refractivity contribution in [1.29, 1.82) is 0 Å². The summed E-state index contributed by atoms with van der Waals surface area (Å²) in [5.74, 6) is 0. The summed E-state index contributed by atoms with van der Waals surface area (Å²) in [6.45, 7) is 5.62. The van der Waals surface area contributed by atoms with Crippen LogP contribution in [0.1, 0.15) is 0 Å². The molecule has 0 aromatic carbocycles. The summed E-state index contributed by atoms with van der Waals surface area (Å²) < 4.78 is 35.8. The first-order valence-corrected chi connectivity index (χ1v) is 10.1. The van der Waals surface area contributed by atoms with Gasteiger partial charge in [-0.1, -0.05) is 0 Å². The quantitative estimate of drug-likeness (QED) is 0.282. The maximum absolute atomic E-state index is 5.60. The van der Waals surface area contributed by atoms with Crippen molar-refractivity contribution in [3.05, 3.63) is 49.1 Å². The van der Waals surface area contributed by atoms with Crippen LogP contribution >= 0.6 is 0 Å². The van der Waals surface area contributed by atoms with E-state index >= 15 is 0 Å². The van der Waals surface area contributed by atoms with Crippen molar-refractivity contribution in [1.82, 2.24) is 0 Å². The Morgan fingerprint density at radius 1 is 0.500 bits per heavy atom. The standard InChI is InChI=1S/C22H34N2O6/c1-25-11-13-27-15-17-29-19-23-7-3-21(4-8-23)22-5-9-24(10-6-22)20-30-18-16-28-14-12-26-2/h3-10H,11-20H2,1-2H3/q+2. The highest BCUT2D eigenvalue weighted by Gasteiger charge is 2.06. The fourth-order valence-corrected chi connectivity index (χ4v) is 2.54. The Labute approximate surface area is 178 Å². The summed E-state index contributed by atoms with van der Waals surface area (Å²) in [5.41, 5.74) is 2.29. The Bertz CT molecular complexity index is 607. The average molecular weight is 423 g/mol. The molecule has 0 atom stereocenters. The minimum atomic E-state index is 0.495. The average Bonchev–Trinajstić information content (AvgIpc) is 2.79. The summed E-state index contributed by atoms with van der Waals surface area (Å²) in [7, 11) is 3.32. The van der Waals surface area contributed by atoms with Crippen molar-refractivity contribution in [3.63, 3.8) is 0 Å². The number of hydrogen-bond acceptors (Lipinski definition) is 6. The number of aromatic nitrogens is 2. The minimum absolute atomic E-state index is 0.495. The molecule has 0 fully saturated rings. The summed E-state index contributed by atoms with van der Waals surface area (Å²) in [6.07, 6.45) is 8.04. The normalized spacial score (nSPS) is 11.1. The van der Waals surface area contributed by atoms with E-state index in [-0.39, 0.29) is 0 Å². The van der Waals surface area contributed by atoms with E-state index in [9.17, 15) is 0 Å². The number of pyridine rings is 2. The van der Waals surface area contributed by atoms with Gasteiger partial charge in [-0.2, -0.15) is 9.13 Å². The van der Waals surface area contributed by atoms with Crippen LogP contribution in [0, 0.1) is 0 Å². The van der Waals surface area contributed by atoms with Gasteiger partial charge in [-0.05, 0) is 11.1 Å². The molecule has 0 saturated carbocycles. The molecule has 0 aliphatic carbocycles. The Morgan fingerprint density at radius 2 is 0.833 bits per heavy atom. The highest BCUT2D eigenvalue weighted by Crippen LogP contribution is 2.15. The fraction of sp³-hybridized carbons (Fsp3) is 0.545. The molecule has 0 aliphatic heterocycles. The summed E-state index contributed by atoms with van der Waals surface area (Å²) in [6, 6.07) is 8.30. The Kier molecular flexibility index (Phi) is 12.8. The first kappa shape index (κ1) is 24.3. The molecule has 0 aliphatic rings. The maximum Gasteiger partial charge on any atom is 0.252 e. The lowest BCUT2D eigenvalue weighted by molar-refractivity contribution is -0.733. The van der Waals surface area contributed by atoms with Crippen molar-refractivity contribution in [2.75, 3.05) is 67.1 Å². The van der Waals surface area contributed by atoms with Crippen molar-refractivity contribution in [3.8, 4) is 11.1 Å². The molecule has 0 amide bonds. The molecular weight excluding hydrogens is 388 g/mol. The Balaban J connectivity index is 1.65. The van der Waals surface area contributed by atoms with Gasteiger partial charge >= 0.3 is 0 Å². The van der Waals surface area contributed by atoms with Gasteiger partial charge in [-0.25, -0.2) is 0 Å². The maximum atomic E-state index is 5.60. The molecule has 2 aromatic heterocycles. The Hall–Kier alpha value is -1.94. The van der Waals surface area contributed by atoms with Crippen LogP contribution in [0.25, 0.3) is 11.1 Å². The first-order valence-electron chi connectivity index (χ1n) is 10.1. The van der Waals surface area contributed by atoms with Gasteiger partial charge in [0.25, 0.3) is 13.5 Å². The molecule has 8 nitrogen and oxygen atoms in total. The van der Waals surface area contributed by atoms with Crippen LogP contribution in [-0.4, -0.2) is 67.1 Å². The van der Waals surface area contributed by atoms with Crippen LogP contribution in [0.3, 0.4) is 0 Å². The van der Waals surface area contributed by atoms with Gasteiger partial charge in [0, 0.05) is 38.5 Å². The topological polar surface area (TPSA) is 63.1 Å². The van der Waals surface area contributed by atoms with E-state index in [0.29, 0.717) is 66.3 Å². The zero-order valence-corrected chi connectivity index (χ0v) is 18.0. The van der Waals surface area contributed by atoms with Gasteiger partial charge in [0.05, 0.1) is 52.9 Å². The number of rotatable bonds is 17. The third-order valence-electron chi connectivity index (χ3n) is 4.20. The van der Waals surface area contributed by atoms with Crippen LogP contribution in [0.15, 0.2) is 49.1 Å². The van der Waals surface area contributed by atoms with E-state index in [4.69, 9.17) is 28.4 Å². The van der Waals surface area contributed by atoms with Gasteiger partial charge in [0.2, 0.25) is 0 Å². The molecule has 30 heavy (non-hydrogen) atoms. The van der Waals surface area contributed by atoms with Crippen LogP contribution in [0.2, 0.25) is 0 Å². The summed E-state index contributed by atoms with van der Waals surface area (Å²) in [5, 5.41) is 0. The van der Waals surface area contributed by atoms with Gasteiger partial charge < -0.3 is 28.4 Å². The highest BCUT2D eigenvalue weighted by molar-refractivity contribution is 5.60. The van der Waals surface area contributed by atoms with Gasteiger partial charge in [0.15, 0.2) is 24.8 Å². The fourth-order valence-electron chi connectivity index (χ4n) is 2.54. The third kappa shape index (κ3) is 10.2. The molecule has 0 saturated heterocycles. The SMILES string of the molecule is COCCOCCOC[n+]1ccc(-c2cc[n+](COCCOCCOC)cc2)cc1. The van der Waals surface area contributed by atoms with Crippen molar-refractivity contribution >= 4 is 0 Å². The van der Waals surface area contributed by atoms with Crippen molar-refractivity contribution in [2.45, 2.75) is 13.5 Å². The molecular formula is C22H34N2O6+2. The second-order valence-corrected chi connectivity index (χ2v) is 6.49. The second kappa shape index (κ2) is 15.8. The van der Waals surface area contributed by atoms with Crippen LogP contribution in [-0.2, 0) is 41.9 Å². The number of hydrogen-bond donors (Lipinski definition) is 0. The van der Waals surface area contributed by atoms with Crippen LogP contribution < -0.4 is 9.13 Å². The van der Waals surface area contributed by atoms with Gasteiger partial charge in [-0.3, -0.25) is 0 Å². The predicted octanol–water partition coefficient (Wildman–Crippen LogP) is 1.20. The smallest absolute Gasteiger partial charge is 0.252 e. The van der Waals surface area contributed by atoms with Crippen LogP contribution in [0.4, 0.5) is 0 Å². The monoisotopic (exact) mass is 422 g/mol. The molecule has 166 valence electrons.